The van der Waals surface area contributed by atoms with Crippen LogP contribution >= 0.6 is 0 Å². The number of aryl methyl sites for hydroxylation is 1. The molecule has 0 aliphatic rings. The molecule has 0 aliphatic carbocycles. The number of rotatable bonds is 4. The Hall–Kier alpha value is -3.28. The Bertz CT molecular complexity index is 1080. The van der Waals surface area contributed by atoms with Crippen molar-refractivity contribution >= 4 is 10.9 Å². The molecule has 4 rings (SSSR count). The van der Waals surface area contributed by atoms with Crippen LogP contribution in [0.3, 0.4) is 0 Å². The first-order chi connectivity index (χ1) is 12.2. The van der Waals surface area contributed by atoms with E-state index in [1.807, 2.05) is 49.4 Å². The number of hydrogen-bond donors (Lipinski definition) is 0. The van der Waals surface area contributed by atoms with E-state index in [1.165, 1.54) is 10.9 Å². The number of aromatic nitrogens is 4. The van der Waals surface area contributed by atoms with Gasteiger partial charge in [0.15, 0.2) is 0 Å². The van der Waals surface area contributed by atoms with E-state index in [2.05, 4.69) is 15.2 Å². The summed E-state index contributed by atoms with van der Waals surface area (Å²) in [5.74, 6) is 0.917. The third kappa shape index (κ3) is 3.06. The highest BCUT2D eigenvalue weighted by Crippen LogP contribution is 2.12. The lowest BCUT2D eigenvalue weighted by atomic mass is 10.1. The smallest absolute Gasteiger partial charge is 0.261 e. The highest BCUT2D eigenvalue weighted by molar-refractivity contribution is 5.80. The zero-order valence-corrected chi connectivity index (χ0v) is 13.7. The van der Waals surface area contributed by atoms with Gasteiger partial charge >= 0.3 is 0 Å². The summed E-state index contributed by atoms with van der Waals surface area (Å²) in [4.78, 5) is 17.0. The van der Waals surface area contributed by atoms with Crippen molar-refractivity contribution in [2.75, 3.05) is 0 Å². The molecule has 0 saturated carbocycles. The molecule has 0 atom stereocenters. The standard InChI is InChI=1S/C19H16N4O2/c1-13-6-5-9-15-18(13)20-12-23(19(15)24)11-17-22-21-16(25-17)10-14-7-3-2-4-8-14/h2-9,12H,10-11H2,1H3. The molecular weight excluding hydrogens is 316 g/mol. The Morgan fingerprint density at radius 3 is 2.64 bits per heavy atom. The summed E-state index contributed by atoms with van der Waals surface area (Å²) >= 11 is 0. The lowest BCUT2D eigenvalue weighted by Crippen LogP contribution is -2.21. The molecule has 0 unspecified atom stereocenters. The summed E-state index contributed by atoms with van der Waals surface area (Å²) < 4.78 is 7.16. The molecule has 0 N–H and O–H groups in total. The van der Waals surface area contributed by atoms with Crippen LogP contribution in [-0.4, -0.2) is 19.7 Å². The van der Waals surface area contributed by atoms with Crippen LogP contribution in [0.1, 0.15) is 22.9 Å². The average Bonchev–Trinajstić information content (AvgIpc) is 3.06. The molecule has 0 saturated heterocycles. The van der Waals surface area contributed by atoms with Crippen molar-refractivity contribution in [1.29, 1.82) is 0 Å². The highest BCUT2D eigenvalue weighted by atomic mass is 16.4. The van der Waals surface area contributed by atoms with Crippen LogP contribution in [-0.2, 0) is 13.0 Å². The molecule has 124 valence electrons. The van der Waals surface area contributed by atoms with Crippen molar-refractivity contribution in [1.82, 2.24) is 19.7 Å². The van der Waals surface area contributed by atoms with E-state index >= 15 is 0 Å². The molecule has 4 aromatic rings. The molecule has 2 aromatic heterocycles. The number of nitrogens with zero attached hydrogens (tertiary/aromatic N) is 4. The monoisotopic (exact) mass is 332 g/mol. The van der Waals surface area contributed by atoms with Crippen LogP contribution < -0.4 is 5.56 Å². The Balaban J connectivity index is 1.60. The van der Waals surface area contributed by atoms with Gasteiger partial charge in [0.2, 0.25) is 11.8 Å². The number of para-hydroxylation sites is 1. The Morgan fingerprint density at radius 1 is 1.00 bits per heavy atom. The lowest BCUT2D eigenvalue weighted by molar-refractivity contribution is 0.442. The van der Waals surface area contributed by atoms with Crippen molar-refractivity contribution in [3.8, 4) is 0 Å². The molecule has 0 bridgehead atoms. The molecule has 25 heavy (non-hydrogen) atoms. The molecule has 0 fully saturated rings. The number of fused-ring (bicyclic) bond motifs is 1. The quantitative estimate of drug-likeness (QED) is 0.574. The van der Waals surface area contributed by atoms with Gasteiger partial charge in [-0.05, 0) is 24.1 Å². The second-order valence-corrected chi connectivity index (χ2v) is 5.90. The normalized spacial score (nSPS) is 11.1. The molecule has 2 heterocycles. The van der Waals surface area contributed by atoms with Gasteiger partial charge in [-0.3, -0.25) is 9.36 Å². The maximum Gasteiger partial charge on any atom is 0.261 e. The SMILES string of the molecule is Cc1cccc2c(=O)n(Cc3nnc(Cc4ccccc4)o3)cnc12. The third-order valence-electron chi connectivity index (χ3n) is 4.07. The highest BCUT2D eigenvalue weighted by Gasteiger charge is 2.11. The van der Waals surface area contributed by atoms with E-state index < -0.39 is 0 Å². The van der Waals surface area contributed by atoms with Crippen LogP contribution in [0.4, 0.5) is 0 Å². The van der Waals surface area contributed by atoms with E-state index in [1.54, 1.807) is 6.07 Å². The topological polar surface area (TPSA) is 73.8 Å². The fourth-order valence-electron chi connectivity index (χ4n) is 2.79. The summed E-state index contributed by atoms with van der Waals surface area (Å²) in [7, 11) is 0. The van der Waals surface area contributed by atoms with Crippen LogP contribution in [0.25, 0.3) is 10.9 Å². The fraction of sp³-hybridized carbons (Fsp3) is 0.158. The van der Waals surface area contributed by atoms with Crippen LogP contribution in [0, 0.1) is 6.92 Å². The second-order valence-electron chi connectivity index (χ2n) is 5.90. The van der Waals surface area contributed by atoms with Crippen molar-refractivity contribution in [3.63, 3.8) is 0 Å². The first-order valence-corrected chi connectivity index (χ1v) is 8.00. The summed E-state index contributed by atoms with van der Waals surface area (Å²) in [6, 6.07) is 15.5. The van der Waals surface area contributed by atoms with Crippen LogP contribution in [0.5, 0.6) is 0 Å². The van der Waals surface area contributed by atoms with Gasteiger partial charge in [0.1, 0.15) is 6.54 Å². The molecule has 0 radical (unpaired) electrons. The van der Waals surface area contributed by atoms with Gasteiger partial charge in [-0.1, -0.05) is 42.5 Å². The van der Waals surface area contributed by atoms with E-state index in [4.69, 9.17) is 4.42 Å². The molecule has 0 amide bonds. The summed E-state index contributed by atoms with van der Waals surface area (Å²) in [6.07, 6.45) is 2.09. The molecular formula is C19H16N4O2. The Morgan fingerprint density at radius 2 is 1.80 bits per heavy atom. The number of hydrogen-bond acceptors (Lipinski definition) is 5. The Labute approximate surface area is 143 Å². The maximum absolute atomic E-state index is 12.6. The lowest BCUT2D eigenvalue weighted by Gasteiger charge is -2.05. The molecule has 0 spiro atoms. The van der Waals surface area contributed by atoms with Gasteiger partial charge in [0.25, 0.3) is 5.56 Å². The summed E-state index contributed by atoms with van der Waals surface area (Å²) in [5, 5.41) is 8.69. The van der Waals surface area contributed by atoms with Gasteiger partial charge in [-0.2, -0.15) is 0 Å². The first kappa shape index (κ1) is 15.3. The van der Waals surface area contributed by atoms with Crippen molar-refractivity contribution in [2.45, 2.75) is 19.9 Å². The van der Waals surface area contributed by atoms with E-state index in [-0.39, 0.29) is 12.1 Å². The predicted octanol–water partition coefficient (Wildman–Crippen LogP) is 2.73. The molecule has 0 aliphatic heterocycles. The molecule has 6 nitrogen and oxygen atoms in total. The zero-order chi connectivity index (χ0) is 17.2. The first-order valence-electron chi connectivity index (χ1n) is 8.00. The predicted molar refractivity (Wildman–Crippen MR) is 93.4 cm³/mol. The summed E-state index contributed by atoms with van der Waals surface area (Å²) in [5.41, 5.74) is 2.68. The number of benzene rings is 2. The fourth-order valence-corrected chi connectivity index (χ4v) is 2.79. The van der Waals surface area contributed by atoms with E-state index in [0.717, 1.165) is 16.6 Å². The second kappa shape index (κ2) is 6.32. The molecule has 6 heteroatoms. The zero-order valence-electron chi connectivity index (χ0n) is 13.7. The third-order valence-corrected chi connectivity index (χ3v) is 4.07. The van der Waals surface area contributed by atoms with Gasteiger partial charge in [0, 0.05) is 0 Å². The van der Waals surface area contributed by atoms with E-state index in [9.17, 15) is 4.79 Å². The molecule has 2 aromatic carbocycles. The average molecular weight is 332 g/mol. The van der Waals surface area contributed by atoms with Crippen molar-refractivity contribution in [3.05, 3.63) is 88.1 Å². The largest absolute Gasteiger partial charge is 0.423 e. The minimum Gasteiger partial charge on any atom is -0.423 e. The minimum absolute atomic E-state index is 0.114. The van der Waals surface area contributed by atoms with E-state index in [0.29, 0.717) is 23.6 Å². The van der Waals surface area contributed by atoms with Crippen LogP contribution in [0.2, 0.25) is 0 Å². The van der Waals surface area contributed by atoms with Crippen molar-refractivity contribution in [2.24, 2.45) is 0 Å². The van der Waals surface area contributed by atoms with Gasteiger partial charge < -0.3 is 4.42 Å². The minimum atomic E-state index is -0.114. The van der Waals surface area contributed by atoms with Gasteiger partial charge in [-0.25, -0.2) is 4.98 Å². The maximum atomic E-state index is 12.6. The summed E-state index contributed by atoms with van der Waals surface area (Å²) in [6.45, 7) is 2.14. The van der Waals surface area contributed by atoms with Gasteiger partial charge in [0.05, 0.1) is 23.7 Å². The Kier molecular flexibility index (Phi) is 3.85. The van der Waals surface area contributed by atoms with Crippen molar-refractivity contribution < 1.29 is 4.42 Å². The van der Waals surface area contributed by atoms with Gasteiger partial charge in [-0.15, -0.1) is 10.2 Å². The van der Waals surface area contributed by atoms with Crippen LogP contribution in [0.15, 0.2) is 64.1 Å².